The number of nitrogens with zero attached hydrogens (tertiary/aromatic N) is 3. The van der Waals surface area contributed by atoms with Gasteiger partial charge in [0, 0.05) is 10.6 Å². The van der Waals surface area contributed by atoms with Crippen LogP contribution in [-0.4, -0.2) is 27.0 Å². The molecule has 0 radical (unpaired) electrons. The monoisotopic (exact) mass is 408 g/mol. The van der Waals surface area contributed by atoms with E-state index >= 15 is 0 Å². The molecule has 2 aliphatic rings. The molecule has 1 aliphatic carbocycles. The smallest absolute Gasteiger partial charge is 0.325 e. The SMILES string of the molecule is O=C1NC2(CCCc3ccccc32)C(=O)N1Cc1nc(-c2ccc(Cl)cc2)no1. The topological polar surface area (TPSA) is 88.3 Å². The maximum absolute atomic E-state index is 13.3. The Kier molecular flexibility index (Phi) is 4.13. The van der Waals surface area contributed by atoms with Crippen molar-refractivity contribution in [3.63, 3.8) is 0 Å². The predicted molar refractivity (Wildman–Crippen MR) is 105 cm³/mol. The number of rotatable bonds is 3. The Labute approximate surface area is 171 Å². The molecule has 1 saturated heterocycles. The molecule has 0 bridgehead atoms. The first-order valence-electron chi connectivity index (χ1n) is 9.38. The van der Waals surface area contributed by atoms with Crippen molar-refractivity contribution < 1.29 is 14.1 Å². The Morgan fingerprint density at radius 2 is 1.93 bits per heavy atom. The van der Waals surface area contributed by atoms with Crippen LogP contribution in [0, 0.1) is 0 Å². The molecule has 2 aromatic carbocycles. The minimum Gasteiger partial charge on any atom is -0.337 e. The van der Waals surface area contributed by atoms with Gasteiger partial charge in [-0.05, 0) is 54.7 Å². The Morgan fingerprint density at radius 3 is 2.76 bits per heavy atom. The average molecular weight is 409 g/mol. The number of benzene rings is 2. The molecule has 29 heavy (non-hydrogen) atoms. The van der Waals surface area contributed by atoms with Gasteiger partial charge in [-0.1, -0.05) is 41.0 Å². The van der Waals surface area contributed by atoms with Crippen molar-refractivity contribution in [2.24, 2.45) is 0 Å². The lowest BCUT2D eigenvalue weighted by molar-refractivity contribution is -0.132. The molecule has 7 nitrogen and oxygen atoms in total. The minimum absolute atomic E-state index is 0.0742. The fraction of sp³-hybridized carbons (Fsp3) is 0.238. The largest absolute Gasteiger partial charge is 0.337 e. The van der Waals surface area contributed by atoms with Crippen molar-refractivity contribution in [3.05, 3.63) is 70.6 Å². The maximum atomic E-state index is 13.3. The van der Waals surface area contributed by atoms with Crippen molar-refractivity contribution in [3.8, 4) is 11.4 Å². The van der Waals surface area contributed by atoms with Crippen LogP contribution in [0.1, 0.15) is 29.9 Å². The van der Waals surface area contributed by atoms with Crippen LogP contribution in [0.15, 0.2) is 53.1 Å². The second kappa shape index (κ2) is 6.70. The lowest BCUT2D eigenvalue weighted by Gasteiger charge is -2.33. The molecule has 1 atom stereocenters. The molecule has 8 heteroatoms. The van der Waals surface area contributed by atoms with Crippen molar-refractivity contribution >= 4 is 23.5 Å². The molecule has 146 valence electrons. The standard InChI is InChI=1S/C21H17ClN4O3/c22-15-9-7-14(8-10-15)18-23-17(29-25-18)12-26-19(27)21(24-20(26)28)11-3-5-13-4-1-2-6-16(13)21/h1-2,4,6-10H,3,5,11-12H2,(H,24,28). The van der Waals surface area contributed by atoms with Crippen molar-refractivity contribution in [1.29, 1.82) is 0 Å². The van der Waals surface area contributed by atoms with Crippen LogP contribution in [0.3, 0.4) is 0 Å². The third-order valence-corrected chi connectivity index (χ3v) is 5.77. The molecule has 1 unspecified atom stereocenters. The molecule has 1 spiro atoms. The van der Waals surface area contributed by atoms with Crippen molar-refractivity contribution in [2.45, 2.75) is 31.3 Å². The summed E-state index contributed by atoms with van der Waals surface area (Å²) in [4.78, 5) is 31.5. The Balaban J connectivity index is 1.42. The molecule has 3 aromatic rings. The van der Waals surface area contributed by atoms with E-state index in [9.17, 15) is 9.59 Å². The van der Waals surface area contributed by atoms with E-state index in [1.807, 2.05) is 24.3 Å². The lowest BCUT2D eigenvalue weighted by atomic mass is 9.76. The first-order valence-corrected chi connectivity index (χ1v) is 9.76. The van der Waals surface area contributed by atoms with Crippen LogP contribution in [0.4, 0.5) is 4.79 Å². The number of urea groups is 1. The summed E-state index contributed by atoms with van der Waals surface area (Å²) in [6.07, 6.45) is 2.30. The van der Waals surface area contributed by atoms with E-state index in [4.69, 9.17) is 16.1 Å². The Morgan fingerprint density at radius 1 is 1.14 bits per heavy atom. The van der Waals surface area contributed by atoms with Gasteiger partial charge in [0.25, 0.3) is 5.91 Å². The second-order valence-corrected chi connectivity index (χ2v) is 7.69. The summed E-state index contributed by atoms with van der Waals surface area (Å²) in [5, 5.41) is 7.48. The zero-order chi connectivity index (χ0) is 20.0. The van der Waals surface area contributed by atoms with Crippen LogP contribution < -0.4 is 5.32 Å². The molecule has 1 aromatic heterocycles. The molecule has 2 heterocycles. The summed E-state index contributed by atoms with van der Waals surface area (Å²) < 4.78 is 5.29. The lowest BCUT2D eigenvalue weighted by Crippen LogP contribution is -2.46. The van der Waals surface area contributed by atoms with Crippen LogP contribution in [0.2, 0.25) is 5.02 Å². The van der Waals surface area contributed by atoms with Gasteiger partial charge in [-0.3, -0.25) is 9.69 Å². The first-order chi connectivity index (χ1) is 14.1. The third kappa shape index (κ3) is 2.89. The van der Waals surface area contributed by atoms with Gasteiger partial charge < -0.3 is 9.84 Å². The highest BCUT2D eigenvalue weighted by Crippen LogP contribution is 2.40. The summed E-state index contributed by atoms with van der Waals surface area (Å²) in [5.74, 6) is 0.293. The molecule has 1 aliphatic heterocycles. The van der Waals surface area contributed by atoms with Gasteiger partial charge in [0.2, 0.25) is 11.7 Å². The van der Waals surface area contributed by atoms with E-state index in [1.165, 1.54) is 0 Å². The molecular weight excluding hydrogens is 392 g/mol. The van der Waals surface area contributed by atoms with Crippen molar-refractivity contribution in [1.82, 2.24) is 20.4 Å². The van der Waals surface area contributed by atoms with E-state index in [0.29, 0.717) is 17.3 Å². The highest BCUT2D eigenvalue weighted by molar-refractivity contribution is 6.30. The minimum atomic E-state index is -1.01. The number of hydrogen-bond donors (Lipinski definition) is 1. The van der Waals surface area contributed by atoms with Crippen LogP contribution in [0.25, 0.3) is 11.4 Å². The normalized spacial score (nSPS) is 20.8. The molecular formula is C21H17ClN4O3. The van der Waals surface area contributed by atoms with E-state index in [0.717, 1.165) is 34.4 Å². The van der Waals surface area contributed by atoms with Gasteiger partial charge in [-0.15, -0.1) is 0 Å². The van der Waals surface area contributed by atoms with Gasteiger partial charge in [0.1, 0.15) is 12.1 Å². The predicted octanol–water partition coefficient (Wildman–Crippen LogP) is 3.67. The van der Waals surface area contributed by atoms with Crippen LogP contribution >= 0.6 is 11.6 Å². The summed E-state index contributed by atoms with van der Waals surface area (Å²) in [7, 11) is 0. The maximum Gasteiger partial charge on any atom is 0.325 e. The number of carbonyl (C=O) groups is 2. The highest BCUT2D eigenvalue weighted by Gasteiger charge is 2.54. The second-order valence-electron chi connectivity index (χ2n) is 7.26. The van der Waals surface area contributed by atoms with E-state index in [1.54, 1.807) is 24.3 Å². The van der Waals surface area contributed by atoms with Gasteiger partial charge in [0.15, 0.2) is 0 Å². The number of aryl methyl sites for hydroxylation is 1. The number of nitrogens with one attached hydrogen (secondary N) is 1. The van der Waals surface area contributed by atoms with Gasteiger partial charge >= 0.3 is 6.03 Å². The number of halogens is 1. The van der Waals surface area contributed by atoms with E-state index in [-0.39, 0.29) is 18.3 Å². The van der Waals surface area contributed by atoms with Gasteiger partial charge in [-0.2, -0.15) is 4.98 Å². The number of aromatic nitrogens is 2. The average Bonchev–Trinajstić information content (AvgIpc) is 3.29. The Hall–Kier alpha value is -3.19. The molecule has 5 rings (SSSR count). The number of carbonyl (C=O) groups excluding carboxylic acids is 2. The first kappa shape index (κ1) is 17.9. The van der Waals surface area contributed by atoms with E-state index < -0.39 is 11.6 Å². The highest BCUT2D eigenvalue weighted by atomic mass is 35.5. The van der Waals surface area contributed by atoms with E-state index in [2.05, 4.69) is 15.5 Å². The van der Waals surface area contributed by atoms with Gasteiger partial charge in [0.05, 0.1) is 0 Å². The summed E-state index contributed by atoms with van der Waals surface area (Å²) in [5.41, 5.74) is 1.70. The fourth-order valence-corrected chi connectivity index (χ4v) is 4.25. The number of amides is 3. The zero-order valence-electron chi connectivity index (χ0n) is 15.4. The quantitative estimate of drug-likeness (QED) is 0.668. The van der Waals surface area contributed by atoms with Crippen LogP contribution in [0.5, 0.6) is 0 Å². The van der Waals surface area contributed by atoms with Crippen LogP contribution in [-0.2, 0) is 23.3 Å². The zero-order valence-corrected chi connectivity index (χ0v) is 16.1. The van der Waals surface area contributed by atoms with Crippen molar-refractivity contribution in [2.75, 3.05) is 0 Å². The summed E-state index contributed by atoms with van der Waals surface area (Å²) in [6, 6.07) is 14.3. The molecule has 1 N–H and O–H groups in total. The molecule has 3 amide bonds. The molecule has 1 fully saturated rings. The number of hydrogen-bond acceptors (Lipinski definition) is 5. The molecule has 0 saturated carbocycles. The van der Waals surface area contributed by atoms with Gasteiger partial charge in [-0.25, -0.2) is 4.79 Å². The summed E-state index contributed by atoms with van der Waals surface area (Å²) >= 11 is 5.90. The fourth-order valence-electron chi connectivity index (χ4n) is 4.13. The summed E-state index contributed by atoms with van der Waals surface area (Å²) in [6.45, 7) is -0.0742. The number of imide groups is 1. The Bertz CT molecular complexity index is 1110. The number of fused-ring (bicyclic) bond motifs is 2. The third-order valence-electron chi connectivity index (χ3n) is 5.51.